The van der Waals surface area contributed by atoms with E-state index in [2.05, 4.69) is 28.9 Å². The van der Waals surface area contributed by atoms with Gasteiger partial charge >= 0.3 is 5.97 Å². The monoisotopic (exact) mass is 228 g/mol. The zero-order valence-corrected chi connectivity index (χ0v) is 10.1. The highest BCUT2D eigenvalue weighted by Gasteiger charge is 2.05. The Morgan fingerprint density at radius 3 is 2.93 bits per heavy atom. The number of aromatic nitrogens is 1. The molecule has 0 radical (unpaired) electrons. The van der Waals surface area contributed by atoms with E-state index in [4.69, 9.17) is 0 Å². The highest BCUT2D eigenvalue weighted by atomic mass is 32.1. The van der Waals surface area contributed by atoms with Crippen molar-refractivity contribution in [1.82, 2.24) is 4.98 Å². The van der Waals surface area contributed by atoms with E-state index in [-0.39, 0.29) is 5.97 Å². The summed E-state index contributed by atoms with van der Waals surface area (Å²) in [4.78, 5) is 15.2. The Morgan fingerprint density at radius 2 is 2.40 bits per heavy atom. The summed E-state index contributed by atoms with van der Waals surface area (Å²) in [6.07, 6.45) is 0.368. The van der Waals surface area contributed by atoms with Crippen LogP contribution in [0.4, 0.5) is 5.13 Å². The third kappa shape index (κ3) is 3.87. The number of thiazole rings is 1. The molecule has 1 N–H and O–H groups in total. The number of hydrogen-bond acceptors (Lipinski definition) is 5. The van der Waals surface area contributed by atoms with Crippen LogP contribution in [0.25, 0.3) is 0 Å². The number of rotatable bonds is 5. The molecule has 0 aromatic carbocycles. The maximum absolute atomic E-state index is 10.8. The molecule has 0 aliphatic rings. The number of anilines is 1. The highest BCUT2D eigenvalue weighted by Crippen LogP contribution is 2.21. The van der Waals surface area contributed by atoms with Gasteiger partial charge in [-0.3, -0.25) is 4.79 Å². The first-order valence-electron chi connectivity index (χ1n) is 4.89. The molecule has 84 valence electrons. The van der Waals surface area contributed by atoms with Crippen LogP contribution in [-0.2, 0) is 9.53 Å². The summed E-state index contributed by atoms with van der Waals surface area (Å²) in [5.41, 5.74) is 1.08. The summed E-state index contributed by atoms with van der Waals surface area (Å²) in [6, 6.07) is 0. The lowest BCUT2D eigenvalue weighted by atomic mass is 10.2. The van der Waals surface area contributed by atoms with Gasteiger partial charge in [-0.2, -0.15) is 0 Å². The minimum Gasteiger partial charge on any atom is -0.469 e. The normalized spacial score (nSPS) is 10.4. The van der Waals surface area contributed by atoms with Gasteiger partial charge in [0.25, 0.3) is 0 Å². The van der Waals surface area contributed by atoms with Crippen molar-refractivity contribution in [2.45, 2.75) is 26.2 Å². The molecule has 0 saturated carbocycles. The van der Waals surface area contributed by atoms with Gasteiger partial charge in [0.1, 0.15) is 0 Å². The van der Waals surface area contributed by atoms with Gasteiger partial charge in [-0.1, -0.05) is 13.8 Å². The van der Waals surface area contributed by atoms with Gasteiger partial charge < -0.3 is 10.1 Å². The van der Waals surface area contributed by atoms with Crippen LogP contribution in [0.15, 0.2) is 5.38 Å². The third-order valence-electron chi connectivity index (χ3n) is 1.95. The number of nitrogens with zero attached hydrogens (tertiary/aromatic N) is 1. The second-order valence-corrected chi connectivity index (χ2v) is 4.34. The lowest BCUT2D eigenvalue weighted by Gasteiger charge is -2.01. The van der Waals surface area contributed by atoms with E-state index in [1.165, 1.54) is 7.11 Å². The minimum absolute atomic E-state index is 0.205. The quantitative estimate of drug-likeness (QED) is 0.785. The van der Waals surface area contributed by atoms with Crippen LogP contribution in [0, 0.1) is 0 Å². The van der Waals surface area contributed by atoms with Crippen molar-refractivity contribution < 1.29 is 9.53 Å². The van der Waals surface area contributed by atoms with E-state index in [9.17, 15) is 4.79 Å². The Balaban J connectivity index is 2.34. The molecule has 0 amide bonds. The minimum atomic E-state index is -0.205. The first-order valence-corrected chi connectivity index (χ1v) is 5.77. The smallest absolute Gasteiger partial charge is 0.307 e. The Bertz CT molecular complexity index is 323. The van der Waals surface area contributed by atoms with Crippen molar-refractivity contribution in [2.75, 3.05) is 19.0 Å². The number of carbonyl (C=O) groups excluding carboxylic acids is 1. The largest absolute Gasteiger partial charge is 0.469 e. The van der Waals surface area contributed by atoms with Crippen LogP contribution >= 0.6 is 11.3 Å². The Labute approximate surface area is 93.7 Å². The molecule has 1 rings (SSSR count). The predicted octanol–water partition coefficient (Wildman–Crippen LogP) is 2.24. The molecule has 0 spiro atoms. The first-order chi connectivity index (χ1) is 7.13. The summed E-state index contributed by atoms with van der Waals surface area (Å²) in [6.45, 7) is 4.78. The number of esters is 1. The molecule has 0 fully saturated rings. The lowest BCUT2D eigenvalue weighted by Crippen LogP contribution is -2.09. The van der Waals surface area contributed by atoms with Gasteiger partial charge in [0.05, 0.1) is 19.2 Å². The topological polar surface area (TPSA) is 51.2 Å². The van der Waals surface area contributed by atoms with Crippen LogP contribution in [0.2, 0.25) is 0 Å². The van der Waals surface area contributed by atoms with Crippen LogP contribution in [-0.4, -0.2) is 24.6 Å². The number of nitrogens with one attached hydrogen (secondary N) is 1. The molecule has 0 atom stereocenters. The molecule has 0 unspecified atom stereocenters. The van der Waals surface area contributed by atoms with E-state index < -0.39 is 0 Å². The molecular weight excluding hydrogens is 212 g/mol. The Morgan fingerprint density at radius 1 is 1.67 bits per heavy atom. The van der Waals surface area contributed by atoms with Gasteiger partial charge in [-0.25, -0.2) is 4.98 Å². The molecule has 1 aromatic heterocycles. The standard InChI is InChI=1S/C10H16N2O2S/c1-7(2)8-6-15-10(12-8)11-5-4-9(13)14-3/h6-7H,4-5H2,1-3H3,(H,11,12). The van der Waals surface area contributed by atoms with Crippen LogP contribution < -0.4 is 5.32 Å². The number of hydrogen-bond donors (Lipinski definition) is 1. The number of carbonyl (C=O) groups is 1. The Kier molecular flexibility index (Phi) is 4.55. The summed E-state index contributed by atoms with van der Waals surface area (Å²) < 4.78 is 4.54. The SMILES string of the molecule is COC(=O)CCNc1nc(C(C)C)cs1. The lowest BCUT2D eigenvalue weighted by molar-refractivity contribution is -0.140. The molecule has 15 heavy (non-hydrogen) atoms. The molecule has 0 aliphatic heterocycles. The van der Waals surface area contributed by atoms with Gasteiger partial charge in [-0.15, -0.1) is 11.3 Å². The molecule has 0 saturated heterocycles. The van der Waals surface area contributed by atoms with Gasteiger partial charge in [0, 0.05) is 11.9 Å². The van der Waals surface area contributed by atoms with Crippen molar-refractivity contribution in [3.8, 4) is 0 Å². The number of ether oxygens (including phenoxy) is 1. The molecule has 4 nitrogen and oxygen atoms in total. The van der Waals surface area contributed by atoms with E-state index in [0.717, 1.165) is 10.8 Å². The van der Waals surface area contributed by atoms with E-state index in [1.807, 2.05) is 5.38 Å². The fraction of sp³-hybridized carbons (Fsp3) is 0.600. The van der Waals surface area contributed by atoms with Crippen molar-refractivity contribution in [2.24, 2.45) is 0 Å². The molecule has 5 heteroatoms. The average molecular weight is 228 g/mol. The van der Waals surface area contributed by atoms with Gasteiger partial charge in [0.2, 0.25) is 0 Å². The predicted molar refractivity (Wildman–Crippen MR) is 61.3 cm³/mol. The molecular formula is C10H16N2O2S. The van der Waals surface area contributed by atoms with Crippen LogP contribution in [0.3, 0.4) is 0 Å². The van der Waals surface area contributed by atoms with E-state index >= 15 is 0 Å². The highest BCUT2D eigenvalue weighted by molar-refractivity contribution is 7.13. The second-order valence-electron chi connectivity index (χ2n) is 3.49. The molecule has 1 heterocycles. The van der Waals surface area contributed by atoms with Crippen LogP contribution in [0.5, 0.6) is 0 Å². The van der Waals surface area contributed by atoms with Crippen molar-refractivity contribution in [1.29, 1.82) is 0 Å². The maximum Gasteiger partial charge on any atom is 0.307 e. The van der Waals surface area contributed by atoms with Crippen molar-refractivity contribution in [3.05, 3.63) is 11.1 Å². The molecule has 1 aromatic rings. The summed E-state index contributed by atoms with van der Waals surface area (Å²) >= 11 is 1.56. The van der Waals surface area contributed by atoms with Crippen molar-refractivity contribution in [3.63, 3.8) is 0 Å². The Hall–Kier alpha value is -1.10. The van der Waals surface area contributed by atoms with Gasteiger partial charge in [0.15, 0.2) is 5.13 Å². The zero-order chi connectivity index (χ0) is 11.3. The third-order valence-corrected chi connectivity index (χ3v) is 2.76. The number of methoxy groups -OCH3 is 1. The summed E-state index contributed by atoms with van der Waals surface area (Å²) in [7, 11) is 1.39. The average Bonchev–Trinajstić information content (AvgIpc) is 2.66. The summed E-state index contributed by atoms with van der Waals surface area (Å²) in [5, 5.41) is 5.99. The zero-order valence-electron chi connectivity index (χ0n) is 9.24. The first kappa shape index (κ1) is 12.0. The van der Waals surface area contributed by atoms with Crippen molar-refractivity contribution >= 4 is 22.4 Å². The second kappa shape index (κ2) is 5.70. The van der Waals surface area contributed by atoms with E-state index in [0.29, 0.717) is 18.9 Å². The molecule has 0 aliphatic carbocycles. The maximum atomic E-state index is 10.8. The van der Waals surface area contributed by atoms with Gasteiger partial charge in [-0.05, 0) is 5.92 Å². The fourth-order valence-electron chi connectivity index (χ4n) is 1.01. The fourth-order valence-corrected chi connectivity index (χ4v) is 1.91. The van der Waals surface area contributed by atoms with Crippen LogP contribution in [0.1, 0.15) is 31.9 Å². The summed E-state index contributed by atoms with van der Waals surface area (Å²) in [5.74, 6) is 0.237. The van der Waals surface area contributed by atoms with E-state index in [1.54, 1.807) is 11.3 Å². The molecule has 0 bridgehead atoms.